The van der Waals surface area contributed by atoms with E-state index in [1.54, 1.807) is 18.2 Å². The Morgan fingerprint density at radius 3 is 2.15 bits per heavy atom. The minimum atomic E-state index is -0.578. The van der Waals surface area contributed by atoms with Crippen molar-refractivity contribution >= 4 is 11.9 Å². The van der Waals surface area contributed by atoms with Crippen molar-refractivity contribution in [3.05, 3.63) is 83.9 Å². The average molecular weight is 351 g/mol. The summed E-state index contributed by atoms with van der Waals surface area (Å²) in [4.78, 5) is 24.4. The van der Waals surface area contributed by atoms with Gasteiger partial charge in [0, 0.05) is 5.56 Å². The highest BCUT2D eigenvalue weighted by Crippen LogP contribution is 2.10. The van der Waals surface area contributed by atoms with Gasteiger partial charge in [0.15, 0.2) is 5.78 Å². The molecule has 2 aromatic carbocycles. The number of ether oxygens (including phenoxy) is 1. The Labute approximate surface area is 154 Å². The summed E-state index contributed by atoms with van der Waals surface area (Å²) in [5.41, 5.74) is 1.09. The van der Waals surface area contributed by atoms with E-state index in [0.29, 0.717) is 12.0 Å². The van der Waals surface area contributed by atoms with Gasteiger partial charge < -0.3 is 10.1 Å². The molecule has 1 atom stereocenters. The molecule has 4 heteroatoms. The van der Waals surface area contributed by atoms with Crippen LogP contribution in [0.3, 0.4) is 0 Å². The Morgan fingerprint density at radius 1 is 1.00 bits per heavy atom. The van der Waals surface area contributed by atoms with Gasteiger partial charge in [-0.2, -0.15) is 0 Å². The maximum absolute atomic E-state index is 12.3. The zero-order chi connectivity index (χ0) is 19.0. The van der Waals surface area contributed by atoms with Gasteiger partial charge in [0.1, 0.15) is 5.60 Å². The van der Waals surface area contributed by atoms with Crippen molar-refractivity contribution in [3.63, 3.8) is 0 Å². The molecule has 0 fully saturated rings. The molecule has 0 aliphatic rings. The molecule has 4 nitrogen and oxygen atoms in total. The molecule has 0 spiro atoms. The Morgan fingerprint density at radius 2 is 1.58 bits per heavy atom. The average Bonchev–Trinajstić information content (AvgIpc) is 2.59. The Kier molecular flexibility index (Phi) is 6.73. The monoisotopic (exact) mass is 351 g/mol. The van der Waals surface area contributed by atoms with Crippen LogP contribution in [0.15, 0.2) is 72.8 Å². The van der Waals surface area contributed by atoms with Crippen LogP contribution >= 0.6 is 0 Å². The summed E-state index contributed by atoms with van der Waals surface area (Å²) in [6, 6.07) is 18.5. The van der Waals surface area contributed by atoms with E-state index in [-0.39, 0.29) is 11.8 Å². The lowest BCUT2D eigenvalue weighted by atomic mass is 10.0. The molecule has 0 aliphatic heterocycles. The third-order valence-electron chi connectivity index (χ3n) is 3.54. The second-order valence-corrected chi connectivity index (χ2v) is 7.03. The molecule has 0 aromatic heterocycles. The van der Waals surface area contributed by atoms with Crippen molar-refractivity contribution in [1.29, 1.82) is 0 Å². The number of carbonyl (C=O) groups is 2. The van der Waals surface area contributed by atoms with Crippen molar-refractivity contribution in [3.8, 4) is 0 Å². The van der Waals surface area contributed by atoms with Crippen LogP contribution in [0.1, 0.15) is 36.7 Å². The Balaban J connectivity index is 2.10. The molecule has 1 amide bonds. The van der Waals surface area contributed by atoms with Crippen LogP contribution in [-0.4, -0.2) is 23.5 Å². The minimum absolute atomic E-state index is 0.102. The number of nitrogens with one attached hydrogen (secondary N) is 1. The molecule has 0 radical (unpaired) electrons. The molecular weight excluding hydrogens is 326 g/mol. The van der Waals surface area contributed by atoms with Gasteiger partial charge in [0.2, 0.25) is 0 Å². The van der Waals surface area contributed by atoms with Crippen LogP contribution in [0.5, 0.6) is 0 Å². The van der Waals surface area contributed by atoms with Crippen molar-refractivity contribution in [2.75, 3.05) is 0 Å². The molecule has 0 saturated heterocycles. The number of rotatable bonds is 6. The van der Waals surface area contributed by atoms with Gasteiger partial charge in [-0.25, -0.2) is 4.79 Å². The second kappa shape index (κ2) is 8.99. The molecule has 0 bridgehead atoms. The van der Waals surface area contributed by atoms with Crippen LogP contribution in [-0.2, 0) is 11.2 Å². The summed E-state index contributed by atoms with van der Waals surface area (Å²) in [6.45, 7) is 5.44. The molecular formula is C22H25NO3. The summed E-state index contributed by atoms with van der Waals surface area (Å²) in [6.07, 6.45) is 3.28. The van der Waals surface area contributed by atoms with Gasteiger partial charge in [-0.1, -0.05) is 66.7 Å². The molecule has 1 N–H and O–H groups in total. The van der Waals surface area contributed by atoms with Gasteiger partial charge >= 0.3 is 6.09 Å². The number of ketones is 1. The van der Waals surface area contributed by atoms with Crippen molar-refractivity contribution in [2.45, 2.75) is 38.8 Å². The van der Waals surface area contributed by atoms with E-state index in [9.17, 15) is 9.59 Å². The summed E-state index contributed by atoms with van der Waals surface area (Å²) in [5.74, 6) is -0.102. The molecule has 26 heavy (non-hydrogen) atoms. The normalized spacial score (nSPS) is 12.6. The van der Waals surface area contributed by atoms with Crippen LogP contribution in [0.2, 0.25) is 0 Å². The summed E-state index contributed by atoms with van der Waals surface area (Å²) in [7, 11) is 0. The Bertz CT molecular complexity index is 746. The van der Waals surface area contributed by atoms with Crippen molar-refractivity contribution < 1.29 is 14.3 Å². The fraction of sp³-hybridized carbons (Fsp3) is 0.273. The molecule has 0 heterocycles. The first-order chi connectivity index (χ1) is 12.3. The lowest BCUT2D eigenvalue weighted by Gasteiger charge is -2.22. The fourth-order valence-corrected chi connectivity index (χ4v) is 2.40. The first kappa shape index (κ1) is 19.4. The number of hydrogen-bond acceptors (Lipinski definition) is 3. The zero-order valence-corrected chi connectivity index (χ0v) is 15.4. The standard InChI is InChI=1S/C22H25NO3/c1-22(2,3)26-21(25)23-19(16-17-10-6-4-7-11-17)14-15-20(24)18-12-8-5-9-13-18/h4-15,19H,16H2,1-3H3,(H,23,25)/b15-14+/t19-/m1/s1. The van der Waals surface area contributed by atoms with Crippen LogP contribution < -0.4 is 5.32 Å². The third kappa shape index (κ3) is 6.93. The lowest BCUT2D eigenvalue weighted by molar-refractivity contribution is 0.0514. The number of carbonyl (C=O) groups excluding carboxylic acids is 2. The van der Waals surface area contributed by atoms with Crippen LogP contribution in [0, 0.1) is 0 Å². The highest BCUT2D eigenvalue weighted by atomic mass is 16.6. The second-order valence-electron chi connectivity index (χ2n) is 7.03. The first-order valence-corrected chi connectivity index (χ1v) is 8.64. The smallest absolute Gasteiger partial charge is 0.408 e. The topological polar surface area (TPSA) is 55.4 Å². The predicted molar refractivity (Wildman–Crippen MR) is 103 cm³/mol. The Hall–Kier alpha value is -2.88. The van der Waals surface area contributed by atoms with E-state index in [4.69, 9.17) is 4.74 Å². The number of allylic oxidation sites excluding steroid dienone is 1. The number of amides is 1. The third-order valence-corrected chi connectivity index (χ3v) is 3.54. The zero-order valence-electron chi connectivity index (χ0n) is 15.4. The van der Waals surface area contributed by atoms with E-state index < -0.39 is 11.7 Å². The van der Waals surface area contributed by atoms with Crippen LogP contribution in [0.25, 0.3) is 0 Å². The number of alkyl carbamates (subject to hydrolysis) is 1. The SMILES string of the molecule is CC(C)(C)OC(=O)N[C@H](/C=C/C(=O)c1ccccc1)Cc1ccccc1. The summed E-state index contributed by atoms with van der Waals surface area (Å²) < 4.78 is 5.33. The predicted octanol–water partition coefficient (Wildman–Crippen LogP) is 4.56. The number of hydrogen-bond donors (Lipinski definition) is 1. The number of benzene rings is 2. The molecule has 0 saturated carbocycles. The van der Waals surface area contributed by atoms with Gasteiger partial charge in [0.25, 0.3) is 0 Å². The fourth-order valence-electron chi connectivity index (χ4n) is 2.40. The van der Waals surface area contributed by atoms with E-state index in [1.165, 1.54) is 6.08 Å². The van der Waals surface area contributed by atoms with Crippen LogP contribution in [0.4, 0.5) is 4.79 Å². The lowest BCUT2D eigenvalue weighted by Crippen LogP contribution is -2.39. The van der Waals surface area contributed by atoms with Gasteiger partial charge in [-0.15, -0.1) is 0 Å². The highest BCUT2D eigenvalue weighted by molar-refractivity contribution is 6.04. The largest absolute Gasteiger partial charge is 0.444 e. The highest BCUT2D eigenvalue weighted by Gasteiger charge is 2.18. The molecule has 0 unspecified atom stereocenters. The maximum atomic E-state index is 12.3. The minimum Gasteiger partial charge on any atom is -0.444 e. The molecule has 0 aliphatic carbocycles. The quantitative estimate of drug-likeness (QED) is 0.613. The molecule has 2 aromatic rings. The van der Waals surface area contributed by atoms with E-state index in [0.717, 1.165) is 5.56 Å². The van der Waals surface area contributed by atoms with E-state index in [1.807, 2.05) is 69.3 Å². The van der Waals surface area contributed by atoms with Crippen molar-refractivity contribution in [2.24, 2.45) is 0 Å². The first-order valence-electron chi connectivity index (χ1n) is 8.64. The van der Waals surface area contributed by atoms with Gasteiger partial charge in [-0.05, 0) is 38.8 Å². The van der Waals surface area contributed by atoms with Gasteiger partial charge in [-0.3, -0.25) is 4.79 Å². The van der Waals surface area contributed by atoms with E-state index >= 15 is 0 Å². The maximum Gasteiger partial charge on any atom is 0.408 e. The molecule has 2 rings (SSSR count). The van der Waals surface area contributed by atoms with Gasteiger partial charge in [0.05, 0.1) is 6.04 Å². The molecule has 136 valence electrons. The summed E-state index contributed by atoms with van der Waals surface area (Å²) >= 11 is 0. The van der Waals surface area contributed by atoms with E-state index in [2.05, 4.69) is 5.32 Å². The summed E-state index contributed by atoms with van der Waals surface area (Å²) in [5, 5.41) is 2.83. The van der Waals surface area contributed by atoms with Crippen molar-refractivity contribution in [1.82, 2.24) is 5.32 Å².